The van der Waals surface area contributed by atoms with Crippen LogP contribution in [0.1, 0.15) is 17.4 Å². The van der Waals surface area contributed by atoms with Gasteiger partial charge < -0.3 is 14.6 Å². The molecule has 1 N–H and O–H groups in total. The molecule has 0 aliphatic rings. The highest BCUT2D eigenvalue weighted by Crippen LogP contribution is 2.35. The van der Waals surface area contributed by atoms with Crippen LogP contribution in [0.25, 0.3) is 0 Å². The maximum atomic E-state index is 9.96. The monoisotopic (exact) mass is 434 g/mol. The predicted octanol–water partition coefficient (Wildman–Crippen LogP) is 3.20. The molecule has 0 spiro atoms. The summed E-state index contributed by atoms with van der Waals surface area (Å²) < 4.78 is 12.2. The molecule has 0 radical (unpaired) electrons. The zero-order chi connectivity index (χ0) is 11.6. The number of aromatic hydroxyl groups is 1. The number of rotatable bonds is 3. The van der Waals surface area contributed by atoms with Gasteiger partial charge in [0.05, 0.1) is 9.13 Å². The molecule has 0 bridgehead atoms. The minimum Gasteiger partial charge on any atom is -0.506 e. The molecule has 0 heterocycles. The summed E-state index contributed by atoms with van der Waals surface area (Å²) in [4.78, 5) is 0. The van der Waals surface area contributed by atoms with E-state index in [-0.39, 0.29) is 5.75 Å². The summed E-state index contributed by atoms with van der Waals surface area (Å²) in [5.74, 6) is 0.238. The second-order valence-corrected chi connectivity index (χ2v) is 5.28. The summed E-state index contributed by atoms with van der Waals surface area (Å²) in [6.07, 6.45) is -0.521. The minimum atomic E-state index is -0.521. The summed E-state index contributed by atoms with van der Waals surface area (Å²) >= 11 is 4.35. The van der Waals surface area contributed by atoms with Gasteiger partial charge in [0.25, 0.3) is 0 Å². The van der Waals surface area contributed by atoms with Gasteiger partial charge in [-0.25, -0.2) is 0 Å². The lowest BCUT2D eigenvalue weighted by Gasteiger charge is -2.17. The fraction of sp³-hybridized carbons (Fsp3) is 0.400. The van der Waals surface area contributed by atoms with Gasteiger partial charge in [-0.15, -0.1) is 0 Å². The van der Waals surface area contributed by atoms with Crippen molar-refractivity contribution in [3.63, 3.8) is 0 Å². The summed E-state index contributed by atoms with van der Waals surface area (Å²) in [7, 11) is 3.10. The fourth-order valence-corrected chi connectivity index (χ4v) is 2.98. The van der Waals surface area contributed by atoms with Crippen LogP contribution in [0.4, 0.5) is 0 Å². The average Bonchev–Trinajstić information content (AvgIpc) is 2.24. The number of benzene rings is 1. The molecular formula is C10H12I2O3. The molecule has 3 nitrogen and oxygen atoms in total. The molecule has 0 saturated heterocycles. The van der Waals surface area contributed by atoms with Gasteiger partial charge in [-0.05, 0) is 63.7 Å². The molecule has 84 valence electrons. The van der Waals surface area contributed by atoms with E-state index in [1.54, 1.807) is 14.2 Å². The van der Waals surface area contributed by atoms with Crippen molar-refractivity contribution in [3.8, 4) is 5.75 Å². The Morgan fingerprint density at radius 2 is 1.80 bits per heavy atom. The third kappa shape index (κ3) is 2.75. The Balaban J connectivity index is 3.31. The second-order valence-electron chi connectivity index (χ2n) is 3.04. The van der Waals surface area contributed by atoms with Crippen LogP contribution >= 0.6 is 45.2 Å². The normalized spacial score (nSPS) is 11.1. The first-order chi connectivity index (χ1) is 7.02. The molecule has 0 aliphatic carbocycles. The van der Waals surface area contributed by atoms with Crippen molar-refractivity contribution in [2.75, 3.05) is 14.2 Å². The average molecular weight is 434 g/mol. The van der Waals surface area contributed by atoms with Gasteiger partial charge in [-0.3, -0.25) is 0 Å². The maximum Gasteiger partial charge on any atom is 0.186 e. The van der Waals surface area contributed by atoms with Gasteiger partial charge in [0, 0.05) is 17.8 Å². The highest BCUT2D eigenvalue weighted by atomic mass is 127. The van der Waals surface area contributed by atoms with Crippen LogP contribution in [0.15, 0.2) is 6.07 Å². The van der Waals surface area contributed by atoms with Crippen molar-refractivity contribution in [1.29, 1.82) is 0 Å². The fourth-order valence-electron chi connectivity index (χ4n) is 1.25. The van der Waals surface area contributed by atoms with E-state index in [0.29, 0.717) is 5.56 Å². The van der Waals surface area contributed by atoms with E-state index in [0.717, 1.165) is 12.7 Å². The molecule has 5 heteroatoms. The molecule has 0 amide bonds. The first-order valence-corrected chi connectivity index (χ1v) is 6.41. The van der Waals surface area contributed by atoms with Crippen LogP contribution in [-0.2, 0) is 9.47 Å². The van der Waals surface area contributed by atoms with Crippen molar-refractivity contribution in [1.82, 2.24) is 0 Å². The topological polar surface area (TPSA) is 38.7 Å². The minimum absolute atomic E-state index is 0.238. The molecule has 1 rings (SSSR count). The van der Waals surface area contributed by atoms with Crippen molar-refractivity contribution >= 4 is 45.2 Å². The first-order valence-electron chi connectivity index (χ1n) is 4.26. The maximum absolute atomic E-state index is 9.96. The number of hydrogen-bond donors (Lipinski definition) is 1. The predicted molar refractivity (Wildman–Crippen MR) is 75.0 cm³/mol. The highest BCUT2D eigenvalue weighted by Gasteiger charge is 2.19. The van der Waals surface area contributed by atoms with Gasteiger partial charge in [-0.2, -0.15) is 0 Å². The summed E-state index contributed by atoms with van der Waals surface area (Å²) in [5.41, 5.74) is 1.74. The van der Waals surface area contributed by atoms with E-state index in [9.17, 15) is 5.11 Å². The number of phenols is 1. The molecule has 1 aromatic carbocycles. The van der Waals surface area contributed by atoms with Crippen molar-refractivity contribution in [2.24, 2.45) is 0 Å². The quantitative estimate of drug-likeness (QED) is 0.587. The van der Waals surface area contributed by atoms with E-state index in [4.69, 9.17) is 9.47 Å². The van der Waals surface area contributed by atoms with E-state index in [1.165, 1.54) is 0 Å². The van der Waals surface area contributed by atoms with E-state index >= 15 is 0 Å². The van der Waals surface area contributed by atoms with Crippen LogP contribution in [0.3, 0.4) is 0 Å². The molecule has 0 unspecified atom stereocenters. The lowest BCUT2D eigenvalue weighted by atomic mass is 10.1. The Bertz CT molecular complexity index is 362. The first kappa shape index (κ1) is 13.5. The molecular weight excluding hydrogens is 422 g/mol. The number of ether oxygens (including phenoxy) is 2. The molecule has 0 aliphatic heterocycles. The Morgan fingerprint density at radius 3 is 2.27 bits per heavy atom. The van der Waals surface area contributed by atoms with E-state index in [1.807, 2.05) is 13.0 Å². The van der Waals surface area contributed by atoms with E-state index in [2.05, 4.69) is 45.2 Å². The lowest BCUT2D eigenvalue weighted by molar-refractivity contribution is -0.107. The standard InChI is InChI=1S/C10H12I2O3/c1-5-7(11)4-6(9(13)8(5)12)10(14-2)15-3/h4,10,13H,1-3H3. The number of methoxy groups -OCH3 is 2. The largest absolute Gasteiger partial charge is 0.506 e. The molecule has 0 fully saturated rings. The zero-order valence-electron chi connectivity index (χ0n) is 8.67. The SMILES string of the molecule is COC(OC)c1cc(I)c(C)c(I)c1O. The molecule has 15 heavy (non-hydrogen) atoms. The third-order valence-corrected chi connectivity index (χ3v) is 4.57. The Hall–Kier alpha value is 0.400. The van der Waals surface area contributed by atoms with Crippen molar-refractivity contribution in [3.05, 3.63) is 24.3 Å². The molecule has 1 aromatic rings. The zero-order valence-corrected chi connectivity index (χ0v) is 13.0. The van der Waals surface area contributed by atoms with Crippen LogP contribution in [0.5, 0.6) is 5.75 Å². The van der Waals surface area contributed by atoms with Gasteiger partial charge in [0.15, 0.2) is 6.29 Å². The molecule has 0 atom stereocenters. The van der Waals surface area contributed by atoms with Crippen molar-refractivity contribution in [2.45, 2.75) is 13.2 Å². The Kier molecular flexibility index (Phi) is 5.07. The van der Waals surface area contributed by atoms with Gasteiger partial charge in [0.1, 0.15) is 5.75 Å². The molecule has 0 aromatic heterocycles. The van der Waals surface area contributed by atoms with Crippen molar-refractivity contribution < 1.29 is 14.6 Å². The van der Waals surface area contributed by atoms with E-state index < -0.39 is 6.29 Å². The molecule has 0 saturated carbocycles. The summed E-state index contributed by atoms with van der Waals surface area (Å²) in [6, 6.07) is 1.88. The van der Waals surface area contributed by atoms with Crippen LogP contribution in [0, 0.1) is 14.1 Å². The lowest BCUT2D eigenvalue weighted by Crippen LogP contribution is -2.06. The second kappa shape index (κ2) is 5.65. The van der Waals surface area contributed by atoms with Crippen LogP contribution in [0.2, 0.25) is 0 Å². The van der Waals surface area contributed by atoms with Crippen LogP contribution in [-0.4, -0.2) is 19.3 Å². The number of hydrogen-bond acceptors (Lipinski definition) is 3. The van der Waals surface area contributed by atoms with Crippen LogP contribution < -0.4 is 0 Å². The van der Waals surface area contributed by atoms with Gasteiger partial charge in [-0.1, -0.05) is 0 Å². The Labute approximate surface area is 116 Å². The number of halogens is 2. The third-order valence-electron chi connectivity index (χ3n) is 2.13. The van der Waals surface area contributed by atoms with Gasteiger partial charge >= 0.3 is 0 Å². The number of phenolic OH excluding ortho intramolecular Hbond substituents is 1. The Morgan fingerprint density at radius 1 is 1.27 bits per heavy atom. The highest BCUT2D eigenvalue weighted by molar-refractivity contribution is 14.1. The van der Waals surface area contributed by atoms with Gasteiger partial charge in [0.2, 0.25) is 0 Å². The summed E-state index contributed by atoms with van der Waals surface area (Å²) in [5, 5.41) is 9.96. The smallest absolute Gasteiger partial charge is 0.186 e. The summed E-state index contributed by atoms with van der Waals surface area (Å²) in [6.45, 7) is 1.97.